The molecule has 0 saturated carbocycles. The Morgan fingerprint density at radius 1 is 1.00 bits per heavy atom. The summed E-state index contributed by atoms with van der Waals surface area (Å²) in [6.07, 6.45) is 0. The Morgan fingerprint density at radius 2 is 1.78 bits per heavy atom. The van der Waals surface area contributed by atoms with Crippen LogP contribution in [0.4, 0.5) is 5.82 Å². The molecule has 1 aromatic heterocycles. The predicted octanol–water partition coefficient (Wildman–Crippen LogP) is 3.95. The molecule has 2 aromatic carbocycles. The summed E-state index contributed by atoms with van der Waals surface area (Å²) in [7, 11) is 0. The molecule has 1 amide bonds. The zero-order valence-electron chi connectivity index (χ0n) is 11.8. The van der Waals surface area contributed by atoms with Crippen LogP contribution >= 0.6 is 15.9 Å². The quantitative estimate of drug-likeness (QED) is 0.731. The minimum Gasteiger partial charge on any atom is -0.478 e. The molecule has 0 aliphatic heterocycles. The first-order valence-corrected chi connectivity index (χ1v) is 7.54. The van der Waals surface area contributed by atoms with Crippen molar-refractivity contribution in [2.24, 2.45) is 0 Å². The minimum atomic E-state index is -1.16. The van der Waals surface area contributed by atoms with E-state index in [4.69, 9.17) is 0 Å². The molecule has 0 fully saturated rings. The van der Waals surface area contributed by atoms with Crippen LogP contribution in [0.1, 0.15) is 20.7 Å². The van der Waals surface area contributed by atoms with Gasteiger partial charge in [0.15, 0.2) is 0 Å². The van der Waals surface area contributed by atoms with Crippen LogP contribution in [-0.2, 0) is 0 Å². The van der Waals surface area contributed by atoms with Gasteiger partial charge in [-0.05, 0) is 36.4 Å². The number of nitrogens with one attached hydrogen (secondary N) is 1. The summed E-state index contributed by atoms with van der Waals surface area (Å²) in [6, 6.07) is 15.5. The second-order valence-corrected chi connectivity index (χ2v) is 5.75. The Morgan fingerprint density at radius 3 is 2.57 bits per heavy atom. The number of hydrogen-bond donors (Lipinski definition) is 2. The van der Waals surface area contributed by atoms with Crippen molar-refractivity contribution < 1.29 is 14.7 Å². The summed E-state index contributed by atoms with van der Waals surface area (Å²) in [5.74, 6) is -1.31. The first-order chi connectivity index (χ1) is 11.0. The van der Waals surface area contributed by atoms with E-state index in [-0.39, 0.29) is 11.1 Å². The number of carboxylic acids is 1. The fourth-order valence-electron chi connectivity index (χ4n) is 2.21. The van der Waals surface area contributed by atoms with Crippen molar-refractivity contribution in [2.75, 3.05) is 5.32 Å². The molecule has 5 nitrogen and oxygen atoms in total. The van der Waals surface area contributed by atoms with Crippen LogP contribution in [-0.4, -0.2) is 22.0 Å². The smallest absolute Gasteiger partial charge is 0.336 e. The van der Waals surface area contributed by atoms with Crippen LogP contribution in [0.3, 0.4) is 0 Å². The number of amides is 1. The Balaban J connectivity index is 1.94. The standard InChI is InChI=1S/C17H11BrN2O3/c18-11-6-7-12(17(22)23)13(9-11)16(21)20-15-8-5-10-3-1-2-4-14(10)19-15/h1-9H,(H,22,23)(H,19,20,21). The molecule has 0 saturated heterocycles. The average molecular weight is 371 g/mol. The van der Waals surface area contributed by atoms with Crippen LogP contribution in [0.15, 0.2) is 59.1 Å². The maximum absolute atomic E-state index is 12.4. The van der Waals surface area contributed by atoms with Crippen molar-refractivity contribution in [3.8, 4) is 0 Å². The van der Waals surface area contributed by atoms with Crippen LogP contribution in [0.25, 0.3) is 10.9 Å². The molecule has 0 atom stereocenters. The number of carbonyl (C=O) groups excluding carboxylic acids is 1. The Labute approximate surface area is 140 Å². The lowest BCUT2D eigenvalue weighted by atomic mass is 10.1. The molecule has 3 rings (SSSR count). The van der Waals surface area contributed by atoms with Gasteiger partial charge in [0, 0.05) is 9.86 Å². The van der Waals surface area contributed by atoms with Crippen molar-refractivity contribution in [2.45, 2.75) is 0 Å². The number of pyridine rings is 1. The highest BCUT2D eigenvalue weighted by Crippen LogP contribution is 2.19. The lowest BCUT2D eigenvalue weighted by Gasteiger charge is -2.08. The molecule has 0 aliphatic rings. The van der Waals surface area contributed by atoms with E-state index in [1.165, 1.54) is 12.1 Å². The lowest BCUT2D eigenvalue weighted by molar-refractivity contribution is 0.0692. The number of fused-ring (bicyclic) bond motifs is 1. The van der Waals surface area contributed by atoms with Gasteiger partial charge in [-0.2, -0.15) is 0 Å². The molecule has 114 valence electrons. The van der Waals surface area contributed by atoms with E-state index in [9.17, 15) is 14.7 Å². The topological polar surface area (TPSA) is 79.3 Å². The van der Waals surface area contributed by atoms with Crippen molar-refractivity contribution >= 4 is 44.5 Å². The molecular formula is C17H11BrN2O3. The third-order valence-corrected chi connectivity index (χ3v) is 3.79. The van der Waals surface area contributed by atoms with E-state index >= 15 is 0 Å². The van der Waals surface area contributed by atoms with Crippen LogP contribution in [0.2, 0.25) is 0 Å². The first-order valence-electron chi connectivity index (χ1n) is 6.74. The number of aromatic nitrogens is 1. The van der Waals surface area contributed by atoms with E-state index in [2.05, 4.69) is 26.2 Å². The van der Waals surface area contributed by atoms with Gasteiger partial charge in [-0.1, -0.05) is 34.1 Å². The zero-order chi connectivity index (χ0) is 16.4. The molecular weight excluding hydrogens is 360 g/mol. The molecule has 3 aromatic rings. The first kappa shape index (κ1) is 15.2. The summed E-state index contributed by atoms with van der Waals surface area (Å²) in [6.45, 7) is 0. The monoisotopic (exact) mass is 370 g/mol. The third-order valence-electron chi connectivity index (χ3n) is 3.30. The number of nitrogens with zero attached hydrogens (tertiary/aromatic N) is 1. The predicted molar refractivity (Wildman–Crippen MR) is 90.8 cm³/mol. The van der Waals surface area contributed by atoms with Gasteiger partial charge >= 0.3 is 5.97 Å². The Bertz CT molecular complexity index is 925. The van der Waals surface area contributed by atoms with Crippen molar-refractivity contribution in [1.82, 2.24) is 4.98 Å². The average Bonchev–Trinajstić information content (AvgIpc) is 2.54. The van der Waals surface area contributed by atoms with Crippen molar-refractivity contribution in [1.29, 1.82) is 0 Å². The third kappa shape index (κ3) is 3.22. The van der Waals surface area contributed by atoms with Gasteiger partial charge in [-0.3, -0.25) is 4.79 Å². The SMILES string of the molecule is O=C(O)c1ccc(Br)cc1C(=O)Nc1ccc2ccccc2n1. The summed E-state index contributed by atoms with van der Waals surface area (Å²) in [5, 5.41) is 12.8. The fraction of sp³-hybridized carbons (Fsp3) is 0. The molecule has 0 spiro atoms. The largest absolute Gasteiger partial charge is 0.478 e. The van der Waals surface area contributed by atoms with E-state index in [0.717, 1.165) is 10.9 Å². The van der Waals surface area contributed by atoms with Gasteiger partial charge in [0.2, 0.25) is 0 Å². The molecule has 0 aliphatic carbocycles. The van der Waals surface area contributed by atoms with E-state index in [0.29, 0.717) is 10.3 Å². The summed E-state index contributed by atoms with van der Waals surface area (Å²) < 4.78 is 0.624. The number of rotatable bonds is 3. The maximum Gasteiger partial charge on any atom is 0.336 e. The molecule has 6 heteroatoms. The molecule has 0 radical (unpaired) electrons. The van der Waals surface area contributed by atoms with Crippen molar-refractivity contribution in [3.05, 3.63) is 70.2 Å². The van der Waals surface area contributed by atoms with E-state index in [1.54, 1.807) is 12.1 Å². The maximum atomic E-state index is 12.4. The Hall–Kier alpha value is -2.73. The van der Waals surface area contributed by atoms with Gasteiger partial charge in [0.05, 0.1) is 16.6 Å². The summed E-state index contributed by atoms with van der Waals surface area (Å²) in [4.78, 5) is 28.0. The van der Waals surface area contributed by atoms with Gasteiger partial charge < -0.3 is 10.4 Å². The van der Waals surface area contributed by atoms with Gasteiger partial charge in [-0.15, -0.1) is 0 Å². The van der Waals surface area contributed by atoms with Crippen LogP contribution < -0.4 is 5.32 Å². The number of anilines is 1. The number of halogens is 1. The number of para-hydroxylation sites is 1. The molecule has 0 bridgehead atoms. The van der Waals surface area contributed by atoms with Gasteiger partial charge in [0.1, 0.15) is 5.82 Å². The second kappa shape index (κ2) is 6.18. The van der Waals surface area contributed by atoms with Crippen LogP contribution in [0, 0.1) is 0 Å². The molecule has 23 heavy (non-hydrogen) atoms. The number of carbonyl (C=O) groups is 2. The molecule has 1 heterocycles. The lowest BCUT2D eigenvalue weighted by Crippen LogP contribution is -2.17. The highest BCUT2D eigenvalue weighted by Gasteiger charge is 2.17. The second-order valence-electron chi connectivity index (χ2n) is 4.84. The summed E-state index contributed by atoms with van der Waals surface area (Å²) >= 11 is 3.24. The van der Waals surface area contributed by atoms with Gasteiger partial charge in [-0.25, -0.2) is 9.78 Å². The number of aromatic carboxylic acids is 1. The highest BCUT2D eigenvalue weighted by atomic mass is 79.9. The minimum absolute atomic E-state index is 0.0634. The van der Waals surface area contributed by atoms with Crippen molar-refractivity contribution in [3.63, 3.8) is 0 Å². The normalized spacial score (nSPS) is 10.5. The summed E-state index contributed by atoms with van der Waals surface area (Å²) in [5.41, 5.74) is 0.756. The van der Waals surface area contributed by atoms with Gasteiger partial charge in [0.25, 0.3) is 5.91 Å². The molecule has 0 unspecified atom stereocenters. The van der Waals surface area contributed by atoms with E-state index in [1.807, 2.05) is 30.3 Å². The van der Waals surface area contributed by atoms with Crippen LogP contribution in [0.5, 0.6) is 0 Å². The fourth-order valence-corrected chi connectivity index (χ4v) is 2.57. The highest BCUT2D eigenvalue weighted by molar-refractivity contribution is 9.10. The van der Waals surface area contributed by atoms with E-state index < -0.39 is 11.9 Å². The zero-order valence-corrected chi connectivity index (χ0v) is 13.4. The Kier molecular flexibility index (Phi) is 4.08. The molecule has 2 N–H and O–H groups in total. The number of carboxylic acid groups (broad SMARTS) is 1. The number of benzene rings is 2. The number of hydrogen-bond acceptors (Lipinski definition) is 3.